The Morgan fingerprint density at radius 1 is 1.30 bits per heavy atom. The lowest BCUT2D eigenvalue weighted by atomic mass is 10.2. The Bertz CT molecular complexity index is 533. The lowest BCUT2D eigenvalue weighted by molar-refractivity contribution is 0.0833. The van der Waals surface area contributed by atoms with Gasteiger partial charge in [-0.05, 0) is 12.8 Å². The number of nitrogens with two attached hydrogens (primary N) is 1. The molecule has 1 fully saturated rings. The van der Waals surface area contributed by atoms with Crippen LogP contribution in [0.1, 0.15) is 32.9 Å². The van der Waals surface area contributed by atoms with Crippen LogP contribution in [0.25, 0.3) is 0 Å². The largest absolute Gasteiger partial charge is 0.397 e. The first-order chi connectivity index (χ1) is 9.47. The zero-order chi connectivity index (χ0) is 14.9. The molecule has 0 bridgehead atoms. The van der Waals surface area contributed by atoms with Gasteiger partial charge in [0.25, 0.3) is 11.8 Å². The first kappa shape index (κ1) is 14.6. The van der Waals surface area contributed by atoms with Crippen LogP contribution in [0.4, 0.5) is 10.7 Å². The van der Waals surface area contributed by atoms with Crippen LogP contribution in [0.5, 0.6) is 0 Å². The second kappa shape index (κ2) is 5.70. The first-order valence-electron chi connectivity index (χ1n) is 6.58. The van der Waals surface area contributed by atoms with E-state index in [1.165, 1.54) is 16.2 Å². The minimum Gasteiger partial charge on any atom is -0.397 e. The minimum absolute atomic E-state index is 0.164. The Morgan fingerprint density at radius 3 is 2.40 bits per heavy atom. The van der Waals surface area contributed by atoms with Gasteiger partial charge >= 0.3 is 0 Å². The third kappa shape index (κ3) is 2.45. The van der Waals surface area contributed by atoms with Gasteiger partial charge in [-0.3, -0.25) is 9.59 Å². The van der Waals surface area contributed by atoms with Gasteiger partial charge in [0.05, 0.1) is 11.3 Å². The maximum Gasteiger partial charge on any atom is 0.265 e. The number of rotatable bonds is 3. The number of carbonyl (C=O) groups excluding carboxylic acids is 2. The Labute approximate surface area is 122 Å². The summed E-state index contributed by atoms with van der Waals surface area (Å²) in [6.45, 7) is 1.80. The van der Waals surface area contributed by atoms with Gasteiger partial charge in [0.2, 0.25) is 0 Å². The highest BCUT2D eigenvalue weighted by Gasteiger charge is 2.29. The van der Waals surface area contributed by atoms with Crippen LogP contribution in [0, 0.1) is 0 Å². The predicted octanol–water partition coefficient (Wildman–Crippen LogP) is 0.992. The van der Waals surface area contributed by atoms with Gasteiger partial charge in [0.15, 0.2) is 0 Å². The number of thiophene rings is 1. The second-order valence-corrected chi connectivity index (χ2v) is 6.00. The molecular formula is C13H20N4O2S. The van der Waals surface area contributed by atoms with Crippen molar-refractivity contribution in [2.45, 2.75) is 12.8 Å². The van der Waals surface area contributed by atoms with Crippen molar-refractivity contribution in [2.75, 3.05) is 44.9 Å². The molecule has 20 heavy (non-hydrogen) atoms. The zero-order valence-electron chi connectivity index (χ0n) is 12.0. The molecule has 110 valence electrons. The van der Waals surface area contributed by atoms with Gasteiger partial charge < -0.3 is 20.9 Å². The van der Waals surface area contributed by atoms with Crippen molar-refractivity contribution in [3.05, 3.63) is 10.4 Å². The lowest BCUT2D eigenvalue weighted by Crippen LogP contribution is -2.24. The van der Waals surface area contributed by atoms with Crippen LogP contribution in [0.15, 0.2) is 0 Å². The highest BCUT2D eigenvalue weighted by atomic mass is 32.1. The molecule has 2 amide bonds. The molecule has 1 aromatic rings. The topological polar surface area (TPSA) is 78.7 Å². The predicted molar refractivity (Wildman–Crippen MR) is 81.6 cm³/mol. The maximum atomic E-state index is 12.2. The molecule has 0 atom stereocenters. The molecule has 0 unspecified atom stereocenters. The molecule has 7 heteroatoms. The molecule has 3 N–H and O–H groups in total. The van der Waals surface area contributed by atoms with Gasteiger partial charge in [-0.1, -0.05) is 0 Å². The second-order valence-electron chi connectivity index (χ2n) is 5.00. The standard InChI is InChI=1S/C13H20N4O2S/c1-15-11(18)8-9(14)10(12(19)16(2)3)20-13(8)17-6-4-5-7-17/h4-7,14H2,1-3H3,(H,15,18). The average molecular weight is 296 g/mol. The van der Waals surface area contributed by atoms with Crippen LogP contribution in [0.3, 0.4) is 0 Å². The van der Waals surface area contributed by atoms with E-state index in [1.54, 1.807) is 21.1 Å². The highest BCUT2D eigenvalue weighted by molar-refractivity contribution is 7.19. The van der Waals surface area contributed by atoms with Gasteiger partial charge in [-0.25, -0.2) is 0 Å². The minimum atomic E-state index is -0.238. The van der Waals surface area contributed by atoms with E-state index in [4.69, 9.17) is 5.73 Å². The Hall–Kier alpha value is -1.76. The number of amides is 2. The van der Waals surface area contributed by atoms with Gasteiger partial charge in [0, 0.05) is 34.2 Å². The average Bonchev–Trinajstić information content (AvgIpc) is 3.04. The molecule has 0 aliphatic carbocycles. The summed E-state index contributed by atoms with van der Waals surface area (Å²) in [4.78, 5) is 28.3. The van der Waals surface area contributed by atoms with Crippen molar-refractivity contribution in [3.8, 4) is 0 Å². The summed E-state index contributed by atoms with van der Waals surface area (Å²) >= 11 is 1.31. The van der Waals surface area contributed by atoms with Crippen LogP contribution in [-0.4, -0.2) is 50.9 Å². The fraction of sp³-hybridized carbons (Fsp3) is 0.538. The van der Waals surface area contributed by atoms with Crippen molar-refractivity contribution < 1.29 is 9.59 Å². The molecule has 1 aliphatic rings. The van der Waals surface area contributed by atoms with Crippen LogP contribution >= 0.6 is 11.3 Å². The van der Waals surface area contributed by atoms with E-state index in [2.05, 4.69) is 10.2 Å². The highest BCUT2D eigenvalue weighted by Crippen LogP contribution is 2.40. The molecular weight excluding hydrogens is 276 g/mol. The fourth-order valence-electron chi connectivity index (χ4n) is 2.28. The van der Waals surface area contributed by atoms with Gasteiger partial charge in [-0.2, -0.15) is 0 Å². The van der Waals surface area contributed by atoms with Crippen molar-refractivity contribution in [1.82, 2.24) is 10.2 Å². The van der Waals surface area contributed by atoms with Crippen molar-refractivity contribution in [2.24, 2.45) is 0 Å². The number of anilines is 2. The van der Waals surface area contributed by atoms with Gasteiger partial charge in [0.1, 0.15) is 9.88 Å². The molecule has 6 nitrogen and oxygen atoms in total. The third-order valence-electron chi connectivity index (χ3n) is 3.37. The maximum absolute atomic E-state index is 12.2. The fourth-order valence-corrected chi connectivity index (χ4v) is 3.57. The van der Waals surface area contributed by atoms with Crippen molar-refractivity contribution in [1.29, 1.82) is 0 Å². The summed E-state index contributed by atoms with van der Waals surface area (Å²) < 4.78 is 0. The van der Waals surface area contributed by atoms with Gasteiger partial charge in [-0.15, -0.1) is 11.3 Å². The molecule has 2 rings (SSSR count). The summed E-state index contributed by atoms with van der Waals surface area (Å²) in [5, 5.41) is 3.41. The zero-order valence-corrected chi connectivity index (χ0v) is 12.8. The number of carbonyl (C=O) groups is 2. The van der Waals surface area contributed by atoms with E-state index in [9.17, 15) is 9.59 Å². The van der Waals surface area contributed by atoms with E-state index < -0.39 is 0 Å². The molecule has 0 spiro atoms. The molecule has 2 heterocycles. The van der Waals surface area contributed by atoms with E-state index in [0.717, 1.165) is 30.9 Å². The molecule has 1 aliphatic heterocycles. The number of hydrogen-bond donors (Lipinski definition) is 2. The van der Waals surface area contributed by atoms with E-state index in [-0.39, 0.29) is 17.5 Å². The molecule has 0 aromatic carbocycles. The molecule has 1 saturated heterocycles. The Morgan fingerprint density at radius 2 is 1.90 bits per heavy atom. The third-order valence-corrected chi connectivity index (χ3v) is 4.63. The molecule has 1 aromatic heterocycles. The number of nitrogens with zero attached hydrogens (tertiary/aromatic N) is 2. The smallest absolute Gasteiger partial charge is 0.265 e. The van der Waals surface area contributed by atoms with E-state index in [0.29, 0.717) is 10.4 Å². The Kier molecular flexibility index (Phi) is 4.17. The SMILES string of the molecule is CNC(=O)c1c(N2CCCC2)sc(C(=O)N(C)C)c1N. The summed E-state index contributed by atoms with van der Waals surface area (Å²) in [7, 11) is 4.92. The summed E-state index contributed by atoms with van der Waals surface area (Å²) in [5.74, 6) is -0.401. The van der Waals surface area contributed by atoms with Crippen molar-refractivity contribution >= 4 is 33.8 Å². The van der Waals surface area contributed by atoms with Crippen molar-refractivity contribution in [3.63, 3.8) is 0 Å². The number of nitrogen functional groups attached to an aromatic ring is 1. The quantitative estimate of drug-likeness (QED) is 0.872. The lowest BCUT2D eigenvalue weighted by Gasteiger charge is -2.16. The van der Waals surface area contributed by atoms with Crippen LogP contribution in [-0.2, 0) is 0 Å². The van der Waals surface area contributed by atoms with Crippen LogP contribution in [0.2, 0.25) is 0 Å². The van der Waals surface area contributed by atoms with E-state index >= 15 is 0 Å². The summed E-state index contributed by atoms with van der Waals surface area (Å²) in [5.41, 5.74) is 6.78. The molecule has 0 saturated carbocycles. The Balaban J connectivity index is 2.51. The van der Waals surface area contributed by atoms with Crippen LogP contribution < -0.4 is 16.0 Å². The number of hydrogen-bond acceptors (Lipinski definition) is 5. The van der Waals surface area contributed by atoms with E-state index in [1.807, 2.05) is 0 Å². The monoisotopic (exact) mass is 296 g/mol. The number of nitrogens with one attached hydrogen (secondary N) is 1. The summed E-state index contributed by atoms with van der Waals surface area (Å²) in [6.07, 6.45) is 2.20. The normalized spacial score (nSPS) is 14.4. The summed E-state index contributed by atoms with van der Waals surface area (Å²) in [6, 6.07) is 0. The first-order valence-corrected chi connectivity index (χ1v) is 7.40. The molecule has 0 radical (unpaired) electrons.